The molecular weight excluding hydrogens is 1880 g/mol. The monoisotopic (exact) mass is 2000 g/mol. The number of pyridine rings is 8. The van der Waals surface area contributed by atoms with Crippen molar-refractivity contribution in [3.05, 3.63) is 277 Å². The van der Waals surface area contributed by atoms with E-state index < -0.39 is 11.8 Å². The first-order chi connectivity index (χ1) is 72.3. The van der Waals surface area contributed by atoms with E-state index in [0.29, 0.717) is 83.3 Å². The molecule has 148 heavy (non-hydrogen) atoms. The van der Waals surface area contributed by atoms with Crippen LogP contribution in [-0.4, -0.2) is 250 Å². The molecule has 8 N–H and O–H groups in total. The van der Waals surface area contributed by atoms with Crippen LogP contribution in [0.2, 0.25) is 0 Å². The van der Waals surface area contributed by atoms with E-state index in [1.807, 2.05) is 163 Å². The van der Waals surface area contributed by atoms with Gasteiger partial charge in [-0.15, -0.1) is 0 Å². The Morgan fingerprint density at radius 1 is 0.264 bits per heavy atom. The Kier molecular flexibility index (Phi) is 30.4. The van der Waals surface area contributed by atoms with Crippen LogP contribution in [0.25, 0.3) is 88.1 Å². The minimum atomic E-state index is -2.62. The number of rotatable bonds is 26. The largest absolute Gasteiger partial charge is 0.370 e. The van der Waals surface area contributed by atoms with Crippen molar-refractivity contribution in [2.45, 2.75) is 154 Å². The smallest absolute Gasteiger partial charge is 0.276 e. The summed E-state index contributed by atoms with van der Waals surface area (Å²) in [6.45, 7) is 18.5. The number of H-pyrrole nitrogens is 4. The number of carbonyl (C=O) groups excluding carboxylic acids is 4. The van der Waals surface area contributed by atoms with E-state index in [1.54, 1.807) is 54.5 Å². The predicted octanol–water partition coefficient (Wildman–Crippen LogP) is 19.1. The fourth-order valence-electron chi connectivity index (χ4n) is 20.9. The quantitative estimate of drug-likeness (QED) is 0.0233. The maximum absolute atomic E-state index is 13.6. The number of piperidine rings is 2. The molecule has 0 saturated carbocycles. The lowest BCUT2D eigenvalue weighted by atomic mass is 10.0. The number of aromatic nitrogens is 16. The zero-order valence-electron chi connectivity index (χ0n) is 82.7. The summed E-state index contributed by atoms with van der Waals surface area (Å²) in [6.07, 6.45) is 37.2. The number of nitrogens with one attached hydrogen (secondary N) is 8. The first-order valence-corrected chi connectivity index (χ1v) is 51.7. The molecule has 36 heteroatoms. The van der Waals surface area contributed by atoms with Gasteiger partial charge in [-0.2, -0.15) is 20.4 Å². The maximum atomic E-state index is 13.6. The SMILES string of the molecule is O=C(Nc1ccc(CN2CCCC2)nc1)c1n[nH]c2ccc(-c3cncc(CN4CCC(F)(F)C4)c3)cc12.O=C(Nc1ccc(CN2CCCC2)nc1)c1n[nH]c2ccc(-c3cncc(CN4CCC(F)(F)CC4)c3)cc12.O=C(Nc1ccc(CN2CCCC2)nc1)c1n[nH]c2ccc(-c3cncc(N4CCCC4)c3)cc12.O=C(Nc1ccc(CN2CCCC2)nc1)c1n[nH]c2ccc(-c3cncc(N4CCCCC4)c3)cc12. The van der Waals surface area contributed by atoms with Crippen molar-refractivity contribution in [3.8, 4) is 44.5 Å². The maximum Gasteiger partial charge on any atom is 0.276 e. The lowest BCUT2D eigenvalue weighted by Gasteiger charge is -2.31. The predicted molar refractivity (Wildman–Crippen MR) is 566 cm³/mol. The molecule has 8 aliphatic rings. The molecule has 16 aromatic rings. The second-order valence-electron chi connectivity index (χ2n) is 40.0. The summed E-state index contributed by atoms with van der Waals surface area (Å²) < 4.78 is 54.2. The molecule has 8 saturated heterocycles. The molecular formula is C112H120F4N28O4. The summed E-state index contributed by atoms with van der Waals surface area (Å²) in [5.74, 6) is -6.35. The van der Waals surface area contributed by atoms with Gasteiger partial charge in [0.05, 0.1) is 123 Å². The number of nitrogens with zero attached hydrogens (tertiary/aromatic N) is 20. The number of amides is 4. The third-order valence-electron chi connectivity index (χ3n) is 29.0. The molecule has 24 rings (SSSR count). The summed E-state index contributed by atoms with van der Waals surface area (Å²) in [5, 5.41) is 43.6. The Bertz CT molecular complexity index is 7320. The molecule has 0 unspecified atom stereocenters. The van der Waals surface area contributed by atoms with E-state index in [9.17, 15) is 36.7 Å². The van der Waals surface area contributed by atoms with Crippen LogP contribution in [-0.2, 0) is 39.3 Å². The number of halogens is 4. The van der Waals surface area contributed by atoms with Crippen molar-refractivity contribution >= 4 is 101 Å². The zero-order valence-corrected chi connectivity index (χ0v) is 82.7. The summed E-state index contributed by atoms with van der Waals surface area (Å²) in [5.41, 5.74) is 22.7. The highest BCUT2D eigenvalue weighted by atomic mass is 19.3. The fraction of sp³-hybridized carbons (Fsp3) is 0.357. The molecule has 760 valence electrons. The second-order valence-corrected chi connectivity index (χ2v) is 40.0. The molecule has 0 atom stereocenters. The zero-order chi connectivity index (χ0) is 101. The Morgan fingerprint density at radius 2 is 0.534 bits per heavy atom. The van der Waals surface area contributed by atoms with E-state index in [-0.39, 0.29) is 55.1 Å². The molecule has 0 aliphatic carbocycles. The van der Waals surface area contributed by atoms with Gasteiger partial charge in [0.15, 0.2) is 22.8 Å². The highest BCUT2D eigenvalue weighted by Crippen LogP contribution is 2.38. The van der Waals surface area contributed by atoms with Gasteiger partial charge in [-0.05, 0) is 291 Å². The van der Waals surface area contributed by atoms with Crippen molar-refractivity contribution in [1.29, 1.82) is 0 Å². The van der Waals surface area contributed by atoms with E-state index >= 15 is 0 Å². The summed E-state index contributed by atoms with van der Waals surface area (Å²) >= 11 is 0. The van der Waals surface area contributed by atoms with E-state index in [0.717, 1.165) is 227 Å². The molecule has 32 nitrogen and oxygen atoms in total. The first kappa shape index (κ1) is 98.9. The highest BCUT2D eigenvalue weighted by Gasteiger charge is 2.39. The van der Waals surface area contributed by atoms with Gasteiger partial charge in [0.1, 0.15) is 0 Å². The van der Waals surface area contributed by atoms with Crippen molar-refractivity contribution < 1.29 is 36.7 Å². The van der Waals surface area contributed by atoms with Crippen LogP contribution in [0.4, 0.5) is 51.7 Å². The number of aromatic amines is 4. The minimum Gasteiger partial charge on any atom is -0.370 e. The van der Waals surface area contributed by atoms with E-state index in [1.165, 1.54) is 83.5 Å². The lowest BCUT2D eigenvalue weighted by molar-refractivity contribution is -0.0566. The van der Waals surface area contributed by atoms with Crippen molar-refractivity contribution in [1.82, 2.24) is 110 Å². The molecule has 4 amide bonds. The molecule has 8 fully saturated rings. The summed E-state index contributed by atoms with van der Waals surface area (Å²) in [4.78, 5) is 106. The summed E-state index contributed by atoms with van der Waals surface area (Å²) in [7, 11) is 0. The number of anilines is 6. The van der Waals surface area contributed by atoms with Gasteiger partial charge >= 0.3 is 0 Å². The van der Waals surface area contributed by atoms with E-state index in [2.05, 4.69) is 143 Å². The van der Waals surface area contributed by atoms with Crippen LogP contribution < -0.4 is 31.1 Å². The van der Waals surface area contributed by atoms with Crippen molar-refractivity contribution in [2.75, 3.05) is 136 Å². The topological polar surface area (TPSA) is 360 Å². The molecule has 0 spiro atoms. The number of hydrogen-bond donors (Lipinski definition) is 8. The average Bonchev–Trinajstić information content (AvgIpc) is 1.64. The Hall–Kier alpha value is -15.1. The third-order valence-corrected chi connectivity index (χ3v) is 29.0. The van der Waals surface area contributed by atoms with Gasteiger partial charge in [0.25, 0.3) is 35.5 Å². The average molecular weight is 2000 g/mol. The molecule has 20 heterocycles. The van der Waals surface area contributed by atoms with Crippen LogP contribution in [0.1, 0.15) is 179 Å². The number of alkyl halides is 4. The number of likely N-dealkylation sites (tertiary alicyclic amines) is 6. The molecule has 8 aliphatic heterocycles. The van der Waals surface area contributed by atoms with Crippen molar-refractivity contribution in [2.24, 2.45) is 0 Å². The van der Waals surface area contributed by atoms with Gasteiger partial charge in [-0.3, -0.25) is 109 Å². The van der Waals surface area contributed by atoms with Crippen LogP contribution in [0.3, 0.4) is 0 Å². The van der Waals surface area contributed by atoms with Crippen LogP contribution in [0.15, 0.2) is 220 Å². The van der Waals surface area contributed by atoms with Gasteiger partial charge in [-0.1, -0.05) is 24.3 Å². The summed E-state index contributed by atoms with van der Waals surface area (Å²) in [6, 6.07) is 47.3. The first-order valence-electron chi connectivity index (χ1n) is 51.7. The van der Waals surface area contributed by atoms with Gasteiger partial charge < -0.3 is 31.1 Å². The number of benzene rings is 4. The lowest BCUT2D eigenvalue weighted by Crippen LogP contribution is -2.38. The Morgan fingerprint density at radius 3 is 0.831 bits per heavy atom. The van der Waals surface area contributed by atoms with E-state index in [4.69, 9.17) is 0 Å². The normalized spacial score (nSPS) is 17.2. The fourth-order valence-corrected chi connectivity index (χ4v) is 20.9. The number of carbonyl (C=O) groups is 4. The molecule has 12 aromatic heterocycles. The Balaban J connectivity index is 0.000000116. The van der Waals surface area contributed by atoms with Crippen LogP contribution >= 0.6 is 0 Å². The van der Waals surface area contributed by atoms with Crippen LogP contribution in [0.5, 0.6) is 0 Å². The van der Waals surface area contributed by atoms with Gasteiger partial charge in [0.2, 0.25) is 0 Å². The molecule has 4 aromatic carbocycles. The third kappa shape index (κ3) is 24.7. The number of fused-ring (bicyclic) bond motifs is 4. The van der Waals surface area contributed by atoms with Gasteiger partial charge in [0, 0.05) is 185 Å². The van der Waals surface area contributed by atoms with Gasteiger partial charge in [-0.25, -0.2) is 17.6 Å². The van der Waals surface area contributed by atoms with Crippen molar-refractivity contribution in [3.63, 3.8) is 0 Å². The second kappa shape index (κ2) is 45.5. The highest BCUT2D eigenvalue weighted by molar-refractivity contribution is 6.14. The van der Waals surface area contributed by atoms with Crippen LogP contribution in [0, 0.1) is 0 Å². The molecule has 0 radical (unpaired) electrons. The molecule has 0 bridgehead atoms. The standard InChI is InChI=1S/C29H31F2N7O.C28H29F2N7O.C28H31N7O.C27H29N7O/c30-29(31)7-11-38(12-8-29)18-20-13-22(16-32-15-20)21-3-6-26-25(14-21)27(36-35-26)28(39)34-23-4-5-24(33-17-23)19-37-9-1-2-10-37;29-28(30)7-10-37(18-28)16-19-11-21(14-31-13-19)20-3-6-25-24(12-20)26(35-34-25)27(38)33-22-4-5-23(32-15-22)17-36-8-1-2-9-36;36-28(31-22-7-8-23(30-17-22)19-34-10-4-5-11-34)27-25-15-20(6-9-26(25)32-33-27)21-14-24(18-29-16-21)35-12-2-1-3-13-35;35-27(30-21-6-7-22(29-16-21)18-33-9-1-2-10-33)26-24-14-19(5-8-25(24)31-32-26)20-13-23(17-28-15-20)34-11-3-4-12-34/h3-6,13-17H,1-2,7-12,18-19H2,(H,34,39)(H,35,36);3-6,11-15H,1-2,7-10,16-18H2,(H,33,38)(H,34,35);6-9,14-18H,1-5,10-13,19H2,(H,31,36)(H,32,33);5-8,13-17H,1-4,9-12,18H2,(H,30,35)(H,31,32). The minimum absolute atomic E-state index is 0.110. The number of hydrogen-bond acceptors (Lipinski definition) is 24. The Labute approximate surface area is 854 Å².